The average molecular weight is 481 g/mol. The molecule has 0 spiro atoms. The number of benzene rings is 2. The Morgan fingerprint density at radius 3 is 2.17 bits per heavy atom. The number of carbonyl (C=O) groups excluding carboxylic acids is 2. The lowest BCUT2D eigenvalue weighted by molar-refractivity contribution is -0.384. The number of rotatable bonds is 10. The van der Waals surface area contributed by atoms with Crippen LogP contribution < -0.4 is 0 Å². The van der Waals surface area contributed by atoms with Crippen LogP contribution in [0.25, 0.3) is 5.76 Å². The molecular weight excluding hydrogens is 452 g/mol. The summed E-state index contributed by atoms with van der Waals surface area (Å²) in [4.78, 5) is 48.6. The Morgan fingerprint density at radius 2 is 1.63 bits per heavy atom. The number of aliphatic hydroxyl groups is 1. The summed E-state index contributed by atoms with van der Waals surface area (Å²) in [5, 5.41) is 30.8. The fraction of sp³-hybridized carbons (Fsp3) is 0.346. The number of likely N-dealkylation sites (tertiary alicyclic amines) is 1. The van der Waals surface area contributed by atoms with E-state index in [0.717, 1.165) is 5.56 Å². The predicted molar refractivity (Wildman–Crippen MR) is 129 cm³/mol. The lowest BCUT2D eigenvalue weighted by Crippen LogP contribution is -2.30. The molecule has 0 aliphatic carbocycles. The second-order valence-corrected chi connectivity index (χ2v) is 8.82. The maximum atomic E-state index is 13.0. The van der Waals surface area contributed by atoms with Gasteiger partial charge in [-0.1, -0.05) is 44.5 Å². The molecule has 2 aromatic carbocycles. The summed E-state index contributed by atoms with van der Waals surface area (Å²) in [6.07, 6.45) is 1.55. The number of aliphatic hydroxyl groups excluding tert-OH is 1. The monoisotopic (exact) mass is 480 g/mol. The highest BCUT2D eigenvalue weighted by Crippen LogP contribution is 2.40. The number of carbonyl (C=O) groups is 3. The van der Waals surface area contributed by atoms with Crippen LogP contribution in [0.1, 0.15) is 68.2 Å². The number of amides is 1. The Balaban J connectivity index is 2.00. The number of carboxylic acids is 1. The first-order chi connectivity index (χ1) is 16.6. The Kier molecular flexibility index (Phi) is 8.01. The zero-order valence-electron chi connectivity index (χ0n) is 19.6. The zero-order chi connectivity index (χ0) is 25.7. The van der Waals surface area contributed by atoms with E-state index in [1.165, 1.54) is 29.2 Å². The van der Waals surface area contributed by atoms with E-state index in [9.17, 15) is 29.6 Å². The highest BCUT2D eigenvalue weighted by molar-refractivity contribution is 6.46. The quantitative estimate of drug-likeness (QED) is 0.125. The topological polar surface area (TPSA) is 138 Å². The third-order valence-corrected chi connectivity index (χ3v) is 6.10. The molecule has 1 amide bonds. The Labute approximate surface area is 202 Å². The minimum Gasteiger partial charge on any atom is -0.507 e. The first-order valence-corrected chi connectivity index (χ1v) is 11.5. The van der Waals surface area contributed by atoms with Crippen LogP contribution in [0.3, 0.4) is 0 Å². The predicted octanol–water partition coefficient (Wildman–Crippen LogP) is 4.78. The molecule has 0 bridgehead atoms. The lowest BCUT2D eigenvalue weighted by Gasteiger charge is -2.25. The summed E-state index contributed by atoms with van der Waals surface area (Å²) < 4.78 is 0. The van der Waals surface area contributed by atoms with Gasteiger partial charge in [0, 0.05) is 30.7 Å². The summed E-state index contributed by atoms with van der Waals surface area (Å²) in [5.41, 5.74) is 1.69. The summed E-state index contributed by atoms with van der Waals surface area (Å²) in [5.74, 6) is -2.58. The lowest BCUT2D eigenvalue weighted by atomic mass is 9.93. The van der Waals surface area contributed by atoms with Crippen LogP contribution in [0.4, 0.5) is 5.69 Å². The normalized spacial score (nSPS) is 17.2. The molecule has 0 aromatic heterocycles. The van der Waals surface area contributed by atoms with Gasteiger partial charge in [-0.05, 0) is 42.0 Å². The maximum Gasteiger partial charge on any atom is 0.303 e. The number of hydrogen-bond donors (Lipinski definition) is 2. The van der Waals surface area contributed by atoms with Gasteiger partial charge in [-0.2, -0.15) is 0 Å². The number of hydrogen-bond acceptors (Lipinski definition) is 6. The van der Waals surface area contributed by atoms with Crippen molar-refractivity contribution in [2.24, 2.45) is 0 Å². The van der Waals surface area contributed by atoms with Crippen molar-refractivity contribution in [3.63, 3.8) is 0 Å². The van der Waals surface area contributed by atoms with Crippen LogP contribution in [0.15, 0.2) is 54.1 Å². The van der Waals surface area contributed by atoms with Crippen molar-refractivity contribution >= 4 is 29.1 Å². The van der Waals surface area contributed by atoms with Crippen LogP contribution in [-0.4, -0.2) is 44.2 Å². The van der Waals surface area contributed by atoms with Gasteiger partial charge >= 0.3 is 5.97 Å². The highest BCUT2D eigenvalue weighted by Gasteiger charge is 2.45. The Bertz CT molecular complexity index is 1150. The highest BCUT2D eigenvalue weighted by atomic mass is 16.6. The second-order valence-electron chi connectivity index (χ2n) is 8.82. The molecule has 2 aromatic rings. The fourth-order valence-electron chi connectivity index (χ4n) is 4.15. The summed E-state index contributed by atoms with van der Waals surface area (Å²) in [7, 11) is 0. The van der Waals surface area contributed by atoms with Gasteiger partial charge in [0.15, 0.2) is 0 Å². The molecule has 3 rings (SSSR count). The van der Waals surface area contributed by atoms with Gasteiger partial charge < -0.3 is 15.1 Å². The summed E-state index contributed by atoms with van der Waals surface area (Å²) in [6.45, 7) is 4.32. The van der Waals surface area contributed by atoms with Crippen LogP contribution in [0.2, 0.25) is 0 Å². The Hall–Kier alpha value is -4.01. The molecule has 1 aliphatic rings. The van der Waals surface area contributed by atoms with E-state index in [1.807, 2.05) is 38.1 Å². The van der Waals surface area contributed by atoms with Gasteiger partial charge in [-0.25, -0.2) is 0 Å². The van der Waals surface area contributed by atoms with Gasteiger partial charge in [0.2, 0.25) is 0 Å². The molecule has 1 saturated heterocycles. The molecule has 1 fully saturated rings. The number of aliphatic carboxylic acids is 1. The number of Topliss-reactive ketones (excluding diaryl/α,β-unsaturated/α-hetero) is 1. The third-order valence-electron chi connectivity index (χ3n) is 6.10. The first kappa shape index (κ1) is 25.6. The number of carboxylic acid groups (broad SMARTS) is 1. The van der Waals surface area contributed by atoms with E-state index in [4.69, 9.17) is 5.11 Å². The molecule has 1 aliphatic heterocycles. The molecule has 184 valence electrons. The SMILES string of the molecule is CC(C)c1ccc([C@H]2C(=C(O)c3ccc([N+](=O)[O-])cc3)C(=O)C(=O)N2CCCCCC(=O)O)cc1. The number of ketones is 1. The van der Waals surface area contributed by atoms with E-state index in [0.29, 0.717) is 24.8 Å². The van der Waals surface area contributed by atoms with Crippen LogP contribution in [0.5, 0.6) is 0 Å². The second kappa shape index (κ2) is 10.9. The molecule has 0 radical (unpaired) electrons. The zero-order valence-corrected chi connectivity index (χ0v) is 19.6. The average Bonchev–Trinajstić information content (AvgIpc) is 3.08. The van der Waals surface area contributed by atoms with Crippen molar-refractivity contribution in [3.8, 4) is 0 Å². The minimum absolute atomic E-state index is 0.0268. The molecular formula is C26H28N2O7. The molecule has 0 unspecified atom stereocenters. The minimum atomic E-state index is -0.890. The largest absolute Gasteiger partial charge is 0.507 e. The van der Waals surface area contributed by atoms with E-state index < -0.39 is 34.4 Å². The molecule has 9 nitrogen and oxygen atoms in total. The molecule has 2 N–H and O–H groups in total. The molecule has 0 saturated carbocycles. The number of non-ortho nitro benzene ring substituents is 1. The fourth-order valence-corrected chi connectivity index (χ4v) is 4.15. The molecule has 1 heterocycles. The van der Waals surface area contributed by atoms with Gasteiger partial charge in [-0.3, -0.25) is 24.5 Å². The van der Waals surface area contributed by atoms with Gasteiger partial charge in [0.05, 0.1) is 16.5 Å². The Morgan fingerprint density at radius 1 is 1.00 bits per heavy atom. The number of nitrogens with zero attached hydrogens (tertiary/aromatic N) is 2. The van der Waals surface area contributed by atoms with Gasteiger partial charge in [-0.15, -0.1) is 0 Å². The first-order valence-electron chi connectivity index (χ1n) is 11.5. The van der Waals surface area contributed by atoms with E-state index in [1.54, 1.807) is 0 Å². The number of unbranched alkanes of at least 4 members (excludes halogenated alkanes) is 2. The van der Waals surface area contributed by atoms with Gasteiger partial charge in [0.25, 0.3) is 17.4 Å². The molecule has 9 heteroatoms. The number of nitro groups is 1. The van der Waals surface area contributed by atoms with Crippen molar-refractivity contribution < 1.29 is 29.5 Å². The molecule has 35 heavy (non-hydrogen) atoms. The smallest absolute Gasteiger partial charge is 0.303 e. The van der Waals surface area contributed by atoms with E-state index >= 15 is 0 Å². The van der Waals surface area contributed by atoms with E-state index in [2.05, 4.69) is 0 Å². The van der Waals surface area contributed by atoms with Crippen molar-refractivity contribution in [3.05, 3.63) is 80.9 Å². The maximum absolute atomic E-state index is 13.0. The van der Waals surface area contributed by atoms with Crippen molar-refractivity contribution in [1.82, 2.24) is 4.90 Å². The standard InChI is InChI=1S/C26H28N2O7/c1-16(2)17-7-9-18(10-8-17)23-22(24(31)19-11-13-20(14-12-19)28(34)35)25(32)26(33)27(23)15-5-3-4-6-21(29)30/h7-14,16,23,31H,3-6,15H2,1-2H3,(H,29,30)/t23-/m0/s1. The van der Waals surface area contributed by atoms with Crippen LogP contribution in [0, 0.1) is 10.1 Å². The van der Waals surface area contributed by atoms with Crippen molar-refractivity contribution in [1.29, 1.82) is 0 Å². The van der Waals surface area contributed by atoms with Crippen molar-refractivity contribution in [2.45, 2.75) is 51.5 Å². The summed E-state index contributed by atoms with van der Waals surface area (Å²) >= 11 is 0. The van der Waals surface area contributed by atoms with Crippen LogP contribution in [-0.2, 0) is 14.4 Å². The van der Waals surface area contributed by atoms with Crippen molar-refractivity contribution in [2.75, 3.05) is 6.54 Å². The number of nitro benzene ring substituents is 1. The molecule has 1 atom stereocenters. The summed E-state index contributed by atoms with van der Waals surface area (Å²) in [6, 6.07) is 11.8. The van der Waals surface area contributed by atoms with Gasteiger partial charge in [0.1, 0.15) is 5.76 Å². The third kappa shape index (κ3) is 5.74. The van der Waals surface area contributed by atoms with E-state index in [-0.39, 0.29) is 35.7 Å². The van der Waals surface area contributed by atoms with Crippen LogP contribution >= 0.6 is 0 Å².